The zero-order valence-corrected chi connectivity index (χ0v) is 17.5. The second-order valence-electron chi connectivity index (χ2n) is 6.92. The molecule has 0 aliphatic carbocycles. The van der Waals surface area contributed by atoms with Crippen LogP contribution in [0.5, 0.6) is 5.75 Å². The van der Waals surface area contributed by atoms with E-state index < -0.39 is 6.04 Å². The predicted molar refractivity (Wildman–Crippen MR) is 112 cm³/mol. The summed E-state index contributed by atoms with van der Waals surface area (Å²) in [6.07, 6.45) is 0. The third-order valence-corrected chi connectivity index (χ3v) is 4.82. The first-order valence-electron chi connectivity index (χ1n) is 9.30. The van der Waals surface area contributed by atoms with Gasteiger partial charge in [0.1, 0.15) is 11.8 Å². The van der Waals surface area contributed by atoms with Crippen LogP contribution >= 0.6 is 11.6 Å². The molecule has 1 N–H and O–H groups in total. The Morgan fingerprint density at radius 2 is 1.71 bits per heavy atom. The Labute approximate surface area is 171 Å². The number of benzene rings is 2. The number of hydrogen-bond acceptors (Lipinski definition) is 3. The lowest BCUT2D eigenvalue weighted by molar-refractivity contribution is -0.142. The number of nitrogens with one attached hydrogen (secondary N) is 1. The van der Waals surface area contributed by atoms with Crippen LogP contribution in [-0.4, -0.2) is 36.4 Å². The molecule has 5 nitrogen and oxygen atoms in total. The maximum absolute atomic E-state index is 12.9. The van der Waals surface area contributed by atoms with Gasteiger partial charge >= 0.3 is 0 Å². The highest BCUT2D eigenvalue weighted by molar-refractivity contribution is 6.30. The summed E-state index contributed by atoms with van der Waals surface area (Å²) in [5, 5.41) is 3.22. The van der Waals surface area contributed by atoms with Gasteiger partial charge in [-0.1, -0.05) is 55.8 Å². The largest absolute Gasteiger partial charge is 0.483 e. The molecule has 2 aromatic rings. The Bertz CT molecular complexity index is 806. The quantitative estimate of drug-likeness (QED) is 0.725. The summed E-state index contributed by atoms with van der Waals surface area (Å²) in [6, 6.07) is 14.3. The Balaban J connectivity index is 2.16. The number of carbonyl (C=O) groups excluding carboxylic acids is 2. The monoisotopic (exact) mass is 402 g/mol. The number of halogens is 1. The van der Waals surface area contributed by atoms with Crippen molar-refractivity contribution in [2.24, 2.45) is 0 Å². The predicted octanol–water partition coefficient (Wildman–Crippen LogP) is 4.01. The Morgan fingerprint density at radius 3 is 2.32 bits per heavy atom. The molecule has 6 heteroatoms. The van der Waals surface area contributed by atoms with Gasteiger partial charge in [-0.05, 0) is 42.2 Å². The Hall–Kier alpha value is -2.53. The molecule has 0 bridgehead atoms. The lowest BCUT2D eigenvalue weighted by atomic mass is 10.0. The highest BCUT2D eigenvalue weighted by atomic mass is 35.5. The molecule has 0 fully saturated rings. The van der Waals surface area contributed by atoms with Gasteiger partial charge in [0.2, 0.25) is 5.91 Å². The van der Waals surface area contributed by atoms with Crippen molar-refractivity contribution in [3.05, 3.63) is 64.7 Å². The van der Waals surface area contributed by atoms with Gasteiger partial charge in [0.15, 0.2) is 6.61 Å². The molecule has 1 atom stereocenters. The highest BCUT2D eigenvalue weighted by Gasteiger charge is 2.26. The first-order valence-corrected chi connectivity index (χ1v) is 9.68. The van der Waals surface area contributed by atoms with Crippen LogP contribution in [0.2, 0.25) is 5.02 Å². The first kappa shape index (κ1) is 21.8. The molecule has 150 valence electrons. The lowest BCUT2D eigenvalue weighted by Crippen LogP contribution is -2.48. The number of likely N-dealkylation sites (N-methyl/N-ethyl adjacent to an activating group) is 1. The highest BCUT2D eigenvalue weighted by Crippen LogP contribution is 2.26. The molecule has 0 spiro atoms. The molecule has 0 aliphatic heterocycles. The number of nitrogens with zero attached hydrogens (tertiary/aromatic N) is 1. The van der Waals surface area contributed by atoms with Gasteiger partial charge in [-0.25, -0.2) is 0 Å². The van der Waals surface area contributed by atoms with E-state index in [0.717, 1.165) is 11.1 Å². The molecule has 0 aromatic heterocycles. The lowest BCUT2D eigenvalue weighted by Gasteiger charge is -2.28. The van der Waals surface area contributed by atoms with E-state index in [-0.39, 0.29) is 24.3 Å². The number of carbonyl (C=O) groups is 2. The molecule has 0 radical (unpaired) electrons. The molecular weight excluding hydrogens is 376 g/mol. The van der Waals surface area contributed by atoms with E-state index in [1.165, 1.54) is 4.90 Å². The van der Waals surface area contributed by atoms with Gasteiger partial charge in [0, 0.05) is 18.6 Å². The minimum absolute atomic E-state index is 0.140. The molecule has 0 aliphatic rings. The Kier molecular flexibility index (Phi) is 7.88. The molecule has 2 aromatic carbocycles. The third kappa shape index (κ3) is 5.73. The summed E-state index contributed by atoms with van der Waals surface area (Å²) in [7, 11) is 1.55. The molecule has 2 amide bonds. The van der Waals surface area contributed by atoms with Gasteiger partial charge < -0.3 is 15.0 Å². The SMILES string of the molecule is CNC(=O)[C@@H](C)N(Cc1ccc(Cl)cc1)C(=O)COc1ccccc1C(C)C. The van der Waals surface area contributed by atoms with Crippen molar-refractivity contribution in [2.45, 2.75) is 39.3 Å². The van der Waals surface area contributed by atoms with E-state index >= 15 is 0 Å². The second kappa shape index (κ2) is 10.1. The van der Waals surface area contributed by atoms with Gasteiger partial charge in [0.25, 0.3) is 5.91 Å². The minimum atomic E-state index is -0.628. The van der Waals surface area contributed by atoms with Crippen molar-refractivity contribution in [1.29, 1.82) is 0 Å². The van der Waals surface area contributed by atoms with Crippen LogP contribution in [-0.2, 0) is 16.1 Å². The molecule has 28 heavy (non-hydrogen) atoms. The summed E-state index contributed by atoms with van der Waals surface area (Å²) in [5.41, 5.74) is 1.93. The number of hydrogen-bond donors (Lipinski definition) is 1. The number of ether oxygens (including phenoxy) is 1. The molecule has 0 saturated heterocycles. The molecule has 2 rings (SSSR count). The van der Waals surface area contributed by atoms with E-state index in [0.29, 0.717) is 17.3 Å². The van der Waals surface area contributed by atoms with E-state index in [9.17, 15) is 9.59 Å². The van der Waals surface area contributed by atoms with E-state index in [1.807, 2.05) is 36.4 Å². The fourth-order valence-electron chi connectivity index (χ4n) is 2.89. The summed E-state index contributed by atoms with van der Waals surface area (Å²) in [6.45, 7) is 6.00. The maximum Gasteiger partial charge on any atom is 0.261 e. The van der Waals surface area contributed by atoms with Crippen molar-refractivity contribution >= 4 is 23.4 Å². The van der Waals surface area contributed by atoms with Crippen LogP contribution in [0.1, 0.15) is 37.8 Å². The first-order chi connectivity index (χ1) is 13.3. The van der Waals surface area contributed by atoms with Gasteiger partial charge in [-0.15, -0.1) is 0 Å². The summed E-state index contributed by atoms with van der Waals surface area (Å²) < 4.78 is 5.82. The normalized spacial score (nSPS) is 11.8. The van der Waals surface area contributed by atoms with Crippen molar-refractivity contribution in [3.8, 4) is 5.75 Å². The van der Waals surface area contributed by atoms with Gasteiger partial charge in [-0.3, -0.25) is 9.59 Å². The van der Waals surface area contributed by atoms with Crippen LogP contribution in [0.25, 0.3) is 0 Å². The average molecular weight is 403 g/mol. The van der Waals surface area contributed by atoms with Crippen LogP contribution < -0.4 is 10.1 Å². The summed E-state index contributed by atoms with van der Waals surface area (Å²) in [4.78, 5) is 26.6. The topological polar surface area (TPSA) is 58.6 Å². The van der Waals surface area contributed by atoms with Crippen LogP contribution in [0.4, 0.5) is 0 Å². The van der Waals surface area contributed by atoms with Gasteiger partial charge in [-0.2, -0.15) is 0 Å². The van der Waals surface area contributed by atoms with Crippen molar-refractivity contribution in [2.75, 3.05) is 13.7 Å². The Morgan fingerprint density at radius 1 is 1.07 bits per heavy atom. The second-order valence-corrected chi connectivity index (χ2v) is 7.36. The molecule has 0 heterocycles. The molecule has 0 saturated carbocycles. The van der Waals surface area contributed by atoms with Crippen molar-refractivity contribution in [1.82, 2.24) is 10.2 Å². The summed E-state index contributed by atoms with van der Waals surface area (Å²) >= 11 is 5.94. The van der Waals surface area contributed by atoms with E-state index in [4.69, 9.17) is 16.3 Å². The van der Waals surface area contributed by atoms with Crippen molar-refractivity contribution < 1.29 is 14.3 Å². The number of para-hydroxylation sites is 1. The zero-order valence-electron chi connectivity index (χ0n) is 16.7. The van der Waals surface area contributed by atoms with Crippen LogP contribution in [0.15, 0.2) is 48.5 Å². The van der Waals surface area contributed by atoms with E-state index in [1.54, 1.807) is 26.1 Å². The fraction of sp³-hybridized carbons (Fsp3) is 0.364. The number of amides is 2. The van der Waals surface area contributed by atoms with E-state index in [2.05, 4.69) is 19.2 Å². The third-order valence-electron chi connectivity index (χ3n) is 4.57. The van der Waals surface area contributed by atoms with Gasteiger partial charge in [0.05, 0.1) is 0 Å². The number of rotatable bonds is 8. The zero-order chi connectivity index (χ0) is 20.7. The fourth-order valence-corrected chi connectivity index (χ4v) is 3.02. The smallest absolute Gasteiger partial charge is 0.261 e. The standard InChI is InChI=1S/C22H27ClN2O3/c1-15(2)19-7-5-6-8-20(19)28-14-21(26)25(16(3)22(27)24-4)13-17-9-11-18(23)12-10-17/h5-12,15-16H,13-14H2,1-4H3,(H,24,27)/t16-/m1/s1. The minimum Gasteiger partial charge on any atom is -0.483 e. The van der Waals surface area contributed by atoms with Crippen LogP contribution in [0, 0.1) is 0 Å². The summed E-state index contributed by atoms with van der Waals surface area (Å²) in [5.74, 6) is 0.473. The maximum atomic E-state index is 12.9. The van der Waals surface area contributed by atoms with Crippen molar-refractivity contribution in [3.63, 3.8) is 0 Å². The molecule has 0 unspecified atom stereocenters. The molecular formula is C22H27ClN2O3. The average Bonchev–Trinajstić information content (AvgIpc) is 2.70. The van der Waals surface area contributed by atoms with Crippen LogP contribution in [0.3, 0.4) is 0 Å².